The molecule has 0 spiro atoms. The average molecular weight is 393 g/mol. The molecule has 0 aliphatic rings. The molecular formula is C19H18Cl2N2O3. The van der Waals surface area contributed by atoms with E-state index in [1.165, 1.54) is 6.21 Å². The van der Waals surface area contributed by atoms with Gasteiger partial charge in [-0.3, -0.25) is 4.79 Å². The number of amides is 1. The second kappa shape index (κ2) is 9.85. The van der Waals surface area contributed by atoms with Gasteiger partial charge in [0, 0.05) is 5.02 Å². The largest absolute Gasteiger partial charge is 0.490 e. The molecule has 0 aliphatic carbocycles. The molecule has 136 valence electrons. The van der Waals surface area contributed by atoms with E-state index in [1.54, 1.807) is 43.3 Å². The maximum absolute atomic E-state index is 12.0. The molecule has 0 radical (unpaired) electrons. The summed E-state index contributed by atoms with van der Waals surface area (Å²) in [5.74, 6) is 0.698. The number of benzene rings is 2. The zero-order valence-corrected chi connectivity index (χ0v) is 15.6. The number of ether oxygens (including phenoxy) is 2. The number of carbonyl (C=O) groups is 1. The van der Waals surface area contributed by atoms with Crippen molar-refractivity contribution in [2.24, 2.45) is 5.10 Å². The average Bonchev–Trinajstić information content (AvgIpc) is 2.63. The first-order valence-electron chi connectivity index (χ1n) is 7.78. The fourth-order valence-corrected chi connectivity index (χ4v) is 2.33. The SMILES string of the molecule is C=CCOc1ccc(C=NNC(=O)C(C)Oc2ccc(Cl)cc2Cl)cc1. The summed E-state index contributed by atoms with van der Waals surface area (Å²) < 4.78 is 10.9. The Kier molecular flexibility index (Phi) is 7.51. The number of hydrogen-bond acceptors (Lipinski definition) is 4. The van der Waals surface area contributed by atoms with E-state index in [0.717, 1.165) is 11.3 Å². The van der Waals surface area contributed by atoms with Crippen molar-refractivity contribution in [3.05, 3.63) is 70.7 Å². The summed E-state index contributed by atoms with van der Waals surface area (Å²) in [6.45, 7) is 5.63. The van der Waals surface area contributed by atoms with Gasteiger partial charge in [-0.2, -0.15) is 5.10 Å². The molecule has 2 aromatic rings. The van der Waals surface area contributed by atoms with Crippen LogP contribution in [0.25, 0.3) is 0 Å². The van der Waals surface area contributed by atoms with Crippen molar-refractivity contribution in [3.63, 3.8) is 0 Å². The Labute approximate surface area is 162 Å². The standard InChI is InChI=1S/C19H18Cl2N2O3/c1-3-10-25-16-7-4-14(5-8-16)12-22-23-19(24)13(2)26-18-9-6-15(20)11-17(18)21/h3-9,11-13H,1,10H2,2H3,(H,23,24). The maximum Gasteiger partial charge on any atom is 0.280 e. The quantitative estimate of drug-likeness (QED) is 0.409. The van der Waals surface area contributed by atoms with E-state index in [0.29, 0.717) is 22.4 Å². The van der Waals surface area contributed by atoms with Gasteiger partial charge in [0.25, 0.3) is 5.91 Å². The minimum absolute atomic E-state index is 0.333. The summed E-state index contributed by atoms with van der Waals surface area (Å²) >= 11 is 11.8. The molecule has 1 unspecified atom stereocenters. The van der Waals surface area contributed by atoms with Gasteiger partial charge in [-0.05, 0) is 55.0 Å². The summed E-state index contributed by atoms with van der Waals surface area (Å²) in [5, 5.41) is 4.74. The fraction of sp³-hybridized carbons (Fsp3) is 0.158. The topological polar surface area (TPSA) is 59.9 Å². The summed E-state index contributed by atoms with van der Waals surface area (Å²) in [7, 11) is 0. The Morgan fingerprint density at radius 3 is 2.65 bits per heavy atom. The van der Waals surface area contributed by atoms with E-state index in [2.05, 4.69) is 17.1 Å². The first kappa shape index (κ1) is 19.8. The van der Waals surface area contributed by atoms with E-state index in [4.69, 9.17) is 32.7 Å². The Morgan fingerprint density at radius 2 is 2.00 bits per heavy atom. The van der Waals surface area contributed by atoms with Gasteiger partial charge in [0.1, 0.15) is 18.1 Å². The van der Waals surface area contributed by atoms with Crippen molar-refractivity contribution in [2.75, 3.05) is 6.61 Å². The third-order valence-electron chi connectivity index (χ3n) is 3.20. The van der Waals surface area contributed by atoms with Crippen LogP contribution in [0.15, 0.2) is 60.2 Å². The summed E-state index contributed by atoms with van der Waals surface area (Å²) in [4.78, 5) is 12.0. The zero-order chi connectivity index (χ0) is 18.9. The van der Waals surface area contributed by atoms with E-state index in [9.17, 15) is 4.79 Å². The Hall–Kier alpha value is -2.50. The molecule has 0 aromatic heterocycles. The second-order valence-electron chi connectivity index (χ2n) is 5.24. The molecule has 0 bridgehead atoms. The summed E-state index contributed by atoms with van der Waals surface area (Å²) in [6.07, 6.45) is 2.42. The van der Waals surface area contributed by atoms with Gasteiger partial charge in [-0.25, -0.2) is 5.43 Å². The molecule has 5 nitrogen and oxygen atoms in total. The predicted molar refractivity (Wildman–Crippen MR) is 104 cm³/mol. The number of carbonyl (C=O) groups excluding carboxylic acids is 1. The van der Waals surface area contributed by atoms with Crippen LogP contribution in [-0.4, -0.2) is 24.8 Å². The molecule has 0 aliphatic heterocycles. The minimum atomic E-state index is -0.777. The lowest BCUT2D eigenvalue weighted by Crippen LogP contribution is -2.33. The minimum Gasteiger partial charge on any atom is -0.490 e. The smallest absolute Gasteiger partial charge is 0.280 e. The van der Waals surface area contributed by atoms with Crippen molar-refractivity contribution < 1.29 is 14.3 Å². The molecule has 0 fully saturated rings. The normalized spacial score (nSPS) is 11.8. The molecule has 1 amide bonds. The van der Waals surface area contributed by atoms with Crippen LogP contribution in [0.5, 0.6) is 11.5 Å². The van der Waals surface area contributed by atoms with Crippen LogP contribution in [0.4, 0.5) is 0 Å². The van der Waals surface area contributed by atoms with Gasteiger partial charge in [-0.15, -0.1) is 0 Å². The van der Waals surface area contributed by atoms with Crippen LogP contribution in [0.3, 0.4) is 0 Å². The third-order valence-corrected chi connectivity index (χ3v) is 3.73. The highest BCUT2D eigenvalue weighted by Crippen LogP contribution is 2.28. The van der Waals surface area contributed by atoms with Crippen LogP contribution < -0.4 is 14.9 Å². The van der Waals surface area contributed by atoms with Crippen LogP contribution in [0.1, 0.15) is 12.5 Å². The number of halogens is 2. The summed E-state index contributed by atoms with van der Waals surface area (Å²) in [5.41, 5.74) is 3.23. The molecule has 7 heteroatoms. The van der Waals surface area contributed by atoms with Crippen LogP contribution >= 0.6 is 23.2 Å². The first-order valence-corrected chi connectivity index (χ1v) is 8.53. The Balaban J connectivity index is 1.86. The van der Waals surface area contributed by atoms with Crippen molar-refractivity contribution in [3.8, 4) is 11.5 Å². The molecule has 0 saturated heterocycles. The number of hydrazone groups is 1. The van der Waals surface area contributed by atoms with Gasteiger partial charge in [0.05, 0.1) is 11.2 Å². The molecule has 2 rings (SSSR count). The molecule has 26 heavy (non-hydrogen) atoms. The molecule has 1 atom stereocenters. The highest BCUT2D eigenvalue weighted by molar-refractivity contribution is 6.35. The molecule has 0 heterocycles. The van der Waals surface area contributed by atoms with Gasteiger partial charge < -0.3 is 9.47 Å². The van der Waals surface area contributed by atoms with Crippen LogP contribution in [0, 0.1) is 0 Å². The van der Waals surface area contributed by atoms with Crippen molar-refractivity contribution >= 4 is 35.3 Å². The maximum atomic E-state index is 12.0. The van der Waals surface area contributed by atoms with E-state index >= 15 is 0 Å². The van der Waals surface area contributed by atoms with Crippen molar-refractivity contribution in [2.45, 2.75) is 13.0 Å². The van der Waals surface area contributed by atoms with Crippen LogP contribution in [-0.2, 0) is 4.79 Å². The lowest BCUT2D eigenvalue weighted by atomic mass is 10.2. The lowest BCUT2D eigenvalue weighted by Gasteiger charge is -2.14. The second-order valence-corrected chi connectivity index (χ2v) is 6.08. The van der Waals surface area contributed by atoms with Gasteiger partial charge >= 0.3 is 0 Å². The summed E-state index contributed by atoms with van der Waals surface area (Å²) in [6, 6.07) is 12.0. The molecule has 2 aromatic carbocycles. The Morgan fingerprint density at radius 1 is 1.27 bits per heavy atom. The number of hydrogen-bond donors (Lipinski definition) is 1. The third kappa shape index (κ3) is 6.10. The van der Waals surface area contributed by atoms with Gasteiger partial charge in [-0.1, -0.05) is 35.9 Å². The highest BCUT2D eigenvalue weighted by Gasteiger charge is 2.15. The number of rotatable bonds is 8. The van der Waals surface area contributed by atoms with Crippen molar-refractivity contribution in [1.29, 1.82) is 0 Å². The van der Waals surface area contributed by atoms with Crippen molar-refractivity contribution in [1.82, 2.24) is 5.43 Å². The first-order chi connectivity index (χ1) is 12.5. The molecule has 1 N–H and O–H groups in total. The van der Waals surface area contributed by atoms with E-state index < -0.39 is 12.0 Å². The fourth-order valence-electron chi connectivity index (χ4n) is 1.88. The zero-order valence-electron chi connectivity index (χ0n) is 14.1. The number of nitrogens with one attached hydrogen (secondary N) is 1. The van der Waals surface area contributed by atoms with Crippen LogP contribution in [0.2, 0.25) is 10.0 Å². The van der Waals surface area contributed by atoms with E-state index in [-0.39, 0.29) is 0 Å². The predicted octanol–water partition coefficient (Wildman–Crippen LogP) is 4.48. The lowest BCUT2D eigenvalue weighted by molar-refractivity contribution is -0.127. The number of nitrogens with zero attached hydrogens (tertiary/aromatic N) is 1. The highest BCUT2D eigenvalue weighted by atomic mass is 35.5. The monoisotopic (exact) mass is 392 g/mol. The van der Waals surface area contributed by atoms with E-state index in [1.807, 2.05) is 12.1 Å². The van der Waals surface area contributed by atoms with Gasteiger partial charge in [0.2, 0.25) is 0 Å². The van der Waals surface area contributed by atoms with Gasteiger partial charge in [0.15, 0.2) is 6.10 Å². The molecular weight excluding hydrogens is 375 g/mol. The Bertz CT molecular complexity index is 792. The molecule has 0 saturated carbocycles.